The second-order valence-electron chi connectivity index (χ2n) is 13.4. The van der Waals surface area contributed by atoms with Crippen molar-refractivity contribution in [2.45, 2.75) is 19.6 Å². The molecule has 0 unspecified atom stereocenters. The normalized spacial score (nSPS) is 13.6. The highest BCUT2D eigenvalue weighted by Gasteiger charge is 2.30. The maximum Gasteiger partial charge on any atom is 0.416 e. The van der Waals surface area contributed by atoms with Crippen LogP contribution in [0, 0.1) is 6.92 Å². The summed E-state index contributed by atoms with van der Waals surface area (Å²) in [7, 11) is 1.88. The van der Waals surface area contributed by atoms with E-state index in [0.717, 1.165) is 72.2 Å². The van der Waals surface area contributed by atoms with Crippen molar-refractivity contribution in [2.75, 3.05) is 56.8 Å². The molecule has 1 fully saturated rings. The zero-order valence-electron chi connectivity index (χ0n) is 31.3. The van der Waals surface area contributed by atoms with Crippen molar-refractivity contribution in [3.63, 3.8) is 0 Å². The summed E-state index contributed by atoms with van der Waals surface area (Å²) in [5, 5.41) is 2.61. The van der Waals surface area contributed by atoms with Gasteiger partial charge in [0.1, 0.15) is 5.75 Å². The second kappa shape index (κ2) is 17.9. The van der Waals surface area contributed by atoms with Crippen molar-refractivity contribution in [3.05, 3.63) is 137 Å². The number of halogens is 3. The molecule has 0 atom stereocenters. The minimum atomic E-state index is -4.48. The van der Waals surface area contributed by atoms with E-state index in [9.17, 15) is 27.6 Å². The van der Waals surface area contributed by atoms with Gasteiger partial charge in [0.05, 0.1) is 24.0 Å². The minimum Gasteiger partial charge on any atom is -0.454 e. The number of piperazine rings is 1. The van der Waals surface area contributed by atoms with E-state index in [2.05, 4.69) is 15.2 Å². The van der Waals surface area contributed by atoms with E-state index < -0.39 is 17.6 Å². The number of likely N-dealkylation sites (N-methyl/N-ethyl adjacent to an activating group) is 1. The summed E-state index contributed by atoms with van der Waals surface area (Å²) in [6.45, 7) is 6.07. The lowest BCUT2D eigenvalue weighted by Gasteiger charge is -2.35. The van der Waals surface area contributed by atoms with Crippen LogP contribution in [0.3, 0.4) is 0 Å². The third kappa shape index (κ3) is 10.8. The van der Waals surface area contributed by atoms with Crippen LogP contribution < -0.4 is 30.2 Å². The topological polar surface area (TPSA) is 140 Å². The number of carbonyl (C=O) groups is 3. The van der Waals surface area contributed by atoms with Crippen molar-refractivity contribution in [2.24, 2.45) is 5.73 Å². The summed E-state index contributed by atoms with van der Waals surface area (Å²) in [4.78, 5) is 46.4. The Bertz CT molecular complexity index is 2180. The Morgan fingerprint density at radius 3 is 2.21 bits per heavy atom. The summed E-state index contributed by atoms with van der Waals surface area (Å²) in [6, 6.07) is 27.5. The molecule has 15 heteroatoms. The van der Waals surface area contributed by atoms with Gasteiger partial charge in [-0.1, -0.05) is 24.3 Å². The number of alkyl halides is 3. The maximum absolute atomic E-state index is 13.1. The third-order valence-corrected chi connectivity index (χ3v) is 9.28. The molecule has 0 spiro atoms. The number of aryl methyl sites for hydroxylation is 1. The van der Waals surface area contributed by atoms with Crippen LogP contribution in [0.25, 0.3) is 0 Å². The lowest BCUT2D eigenvalue weighted by molar-refractivity contribution is -0.137. The fourth-order valence-corrected chi connectivity index (χ4v) is 6.08. The van der Waals surface area contributed by atoms with E-state index in [1.807, 2.05) is 66.2 Å². The molecule has 2 aliphatic heterocycles. The van der Waals surface area contributed by atoms with Gasteiger partial charge >= 0.3 is 6.18 Å². The van der Waals surface area contributed by atoms with E-state index in [0.29, 0.717) is 36.0 Å². The lowest BCUT2D eigenvalue weighted by Crippen LogP contribution is -2.50. The first-order valence-corrected chi connectivity index (χ1v) is 18.0. The number of rotatable bonds is 10. The Kier molecular flexibility index (Phi) is 12.6. The van der Waals surface area contributed by atoms with Crippen LogP contribution in [0.4, 0.5) is 24.5 Å². The molecule has 0 bridgehead atoms. The molecule has 5 aromatic rings. The maximum atomic E-state index is 13.1. The number of nitrogens with one attached hydrogen (secondary N) is 1. The Labute approximate surface area is 327 Å². The van der Waals surface area contributed by atoms with Gasteiger partial charge in [-0.2, -0.15) is 13.2 Å². The molecule has 4 aromatic carbocycles. The highest BCUT2D eigenvalue weighted by molar-refractivity contribution is 6.04. The number of aromatic nitrogens is 1. The van der Waals surface area contributed by atoms with Gasteiger partial charge in [0.2, 0.25) is 24.5 Å². The number of carbonyl (C=O) groups excluding carboxylic acids is 3. The van der Waals surface area contributed by atoms with Gasteiger partial charge in [-0.05, 0) is 90.8 Å². The van der Waals surface area contributed by atoms with Crippen molar-refractivity contribution in [1.82, 2.24) is 14.8 Å². The smallest absolute Gasteiger partial charge is 0.416 e. The average Bonchev–Trinajstić information content (AvgIpc) is 3.68. The number of hydrogen-bond acceptors (Lipinski definition) is 9. The molecule has 0 radical (unpaired) electrons. The molecule has 0 saturated carbocycles. The fraction of sp³-hybridized carbons (Fsp3) is 0.238. The molecule has 1 aromatic heterocycles. The quantitative estimate of drug-likeness (QED) is 0.158. The van der Waals surface area contributed by atoms with E-state index in [-0.39, 0.29) is 30.7 Å². The summed E-state index contributed by atoms with van der Waals surface area (Å²) in [5.74, 6) is 1.53. The predicted molar refractivity (Wildman–Crippen MR) is 208 cm³/mol. The molecule has 2 aliphatic rings. The van der Waals surface area contributed by atoms with Crippen LogP contribution in [-0.4, -0.2) is 79.1 Å². The second-order valence-corrected chi connectivity index (χ2v) is 13.4. The number of ether oxygens (including phenoxy) is 3. The number of nitrogens with two attached hydrogens (primary N) is 1. The Morgan fingerprint density at radius 2 is 1.58 bits per heavy atom. The van der Waals surface area contributed by atoms with Gasteiger partial charge in [-0.15, -0.1) is 0 Å². The number of pyridine rings is 1. The molecule has 3 heterocycles. The van der Waals surface area contributed by atoms with Crippen molar-refractivity contribution < 1.29 is 41.8 Å². The first-order chi connectivity index (χ1) is 27.3. The largest absolute Gasteiger partial charge is 0.454 e. The third-order valence-electron chi connectivity index (χ3n) is 9.28. The summed E-state index contributed by atoms with van der Waals surface area (Å²) < 4.78 is 55.2. The summed E-state index contributed by atoms with van der Waals surface area (Å²) in [5.41, 5.74) is 8.00. The Hall–Kier alpha value is -6.61. The van der Waals surface area contributed by atoms with Gasteiger partial charge in [-0.3, -0.25) is 19.3 Å². The van der Waals surface area contributed by atoms with Gasteiger partial charge in [0, 0.05) is 62.7 Å². The van der Waals surface area contributed by atoms with E-state index >= 15 is 0 Å². The highest BCUT2D eigenvalue weighted by atomic mass is 19.4. The minimum absolute atomic E-state index is 0.0629. The summed E-state index contributed by atoms with van der Waals surface area (Å²) >= 11 is 0. The summed E-state index contributed by atoms with van der Waals surface area (Å²) in [6.07, 6.45) is -3.07. The molecule has 7 rings (SSSR count). The predicted octanol–water partition coefficient (Wildman–Crippen LogP) is 6.75. The molecule has 1 saturated heterocycles. The first-order valence-electron chi connectivity index (χ1n) is 18.0. The standard InChI is InChI=1S/C35H34F3N5O5.C7H7NO/c1-23-17-28(41(2)21-33(44)43-15-13-42(14-16-43)20-24-3-10-30-31(18-24)47-22-46-30)9-11-29(23)48-32-12-8-27(19-39-32)40-34(45)25-4-6-26(7-5-25)35(36,37)38;8-7(9)6-4-2-1-3-5-6/h3-12,17-19H,13-16,20-22H2,1-2H3,(H,40,45);1-5H,(H2,8,9). The first kappa shape index (κ1) is 40.1. The van der Waals surface area contributed by atoms with E-state index in [4.69, 9.17) is 19.9 Å². The number of anilines is 2. The number of primary amides is 1. The highest BCUT2D eigenvalue weighted by Crippen LogP contribution is 2.33. The Morgan fingerprint density at radius 1 is 0.860 bits per heavy atom. The number of amides is 3. The number of fused-ring (bicyclic) bond motifs is 1. The fourth-order valence-electron chi connectivity index (χ4n) is 6.08. The SMILES string of the molecule is Cc1cc(N(C)CC(=O)N2CCN(Cc3ccc4c(c3)OCO4)CC2)ccc1Oc1ccc(NC(=O)c2ccc(C(F)(F)F)cc2)cn1.NC(=O)c1ccccc1. The van der Waals surface area contributed by atoms with Gasteiger partial charge in [0.15, 0.2) is 11.5 Å². The van der Waals surface area contributed by atoms with Gasteiger partial charge < -0.3 is 35.1 Å². The van der Waals surface area contributed by atoms with Crippen LogP contribution in [0.2, 0.25) is 0 Å². The zero-order valence-corrected chi connectivity index (χ0v) is 31.3. The molecule has 0 aliphatic carbocycles. The number of benzene rings is 4. The number of nitrogens with zero attached hydrogens (tertiary/aromatic N) is 4. The lowest BCUT2D eigenvalue weighted by atomic mass is 10.1. The van der Waals surface area contributed by atoms with Crippen molar-refractivity contribution in [1.29, 1.82) is 0 Å². The van der Waals surface area contributed by atoms with Crippen molar-refractivity contribution in [3.8, 4) is 23.1 Å². The van der Waals surface area contributed by atoms with Crippen LogP contribution >= 0.6 is 0 Å². The van der Waals surface area contributed by atoms with E-state index in [1.165, 1.54) is 6.20 Å². The van der Waals surface area contributed by atoms with Crippen molar-refractivity contribution >= 4 is 29.1 Å². The molecule has 57 heavy (non-hydrogen) atoms. The zero-order chi connectivity index (χ0) is 40.5. The molecule has 296 valence electrons. The number of hydrogen-bond donors (Lipinski definition) is 2. The molecular formula is C42H41F3N6O6. The molecule has 3 amide bonds. The molecular weight excluding hydrogens is 741 g/mol. The van der Waals surface area contributed by atoms with Crippen LogP contribution in [0.15, 0.2) is 109 Å². The van der Waals surface area contributed by atoms with Crippen LogP contribution in [-0.2, 0) is 17.5 Å². The van der Waals surface area contributed by atoms with Crippen LogP contribution in [0.5, 0.6) is 23.1 Å². The van der Waals surface area contributed by atoms with Gasteiger partial charge in [0.25, 0.3) is 5.91 Å². The average molecular weight is 783 g/mol. The monoisotopic (exact) mass is 782 g/mol. The van der Waals surface area contributed by atoms with Crippen LogP contribution in [0.1, 0.15) is 37.4 Å². The molecule has 3 N–H and O–H groups in total. The van der Waals surface area contributed by atoms with E-state index in [1.54, 1.807) is 36.4 Å². The van der Waals surface area contributed by atoms with Gasteiger partial charge in [-0.25, -0.2) is 4.98 Å². The Balaban J connectivity index is 0.000000538. The molecule has 12 nitrogen and oxygen atoms in total.